The third kappa shape index (κ3) is 44.7. The molecule has 0 aliphatic rings. The van der Waals surface area contributed by atoms with Gasteiger partial charge in [-0.2, -0.15) is 0 Å². The molecule has 0 aromatic heterocycles. The quantitative estimate of drug-likeness (QED) is 0.0213. The zero-order valence-corrected chi connectivity index (χ0v) is 39.6. The first-order chi connectivity index (χ1) is 29.0. The molecule has 0 fully saturated rings. The lowest BCUT2D eigenvalue weighted by Crippen LogP contribution is -2.37. The molecule has 0 spiro atoms. The van der Waals surface area contributed by atoms with Crippen molar-refractivity contribution in [3.8, 4) is 0 Å². The summed E-state index contributed by atoms with van der Waals surface area (Å²) in [5.41, 5.74) is 0. The number of unbranched alkanes of at least 4 members (excludes halogenated alkanes) is 13. The fourth-order valence-corrected chi connectivity index (χ4v) is 6.52. The van der Waals surface area contributed by atoms with Crippen LogP contribution in [0, 0.1) is 0 Å². The van der Waals surface area contributed by atoms with E-state index in [0.717, 1.165) is 89.9 Å². The molecule has 0 radical (unpaired) electrons. The fraction of sp³-hybridized carbons (Fsp3) is 0.680. The lowest BCUT2D eigenvalue weighted by molar-refractivity contribution is -0.870. The molecule has 0 saturated carbocycles. The highest BCUT2D eigenvalue weighted by Gasteiger charge is 2.27. The number of rotatable bonds is 41. The van der Waals surface area contributed by atoms with E-state index in [-0.39, 0.29) is 32.0 Å². The number of hydrogen-bond acceptors (Lipinski definition) is 7. The number of likely N-dealkylation sites (N-methyl/N-ethyl adjacent to an activating group) is 1. The van der Waals surface area contributed by atoms with E-state index in [0.29, 0.717) is 17.4 Å². The van der Waals surface area contributed by atoms with E-state index in [2.05, 4.69) is 98.9 Å². The Balaban J connectivity index is 4.42. The maximum atomic E-state index is 12.7. The lowest BCUT2D eigenvalue weighted by Gasteiger charge is -2.24. The van der Waals surface area contributed by atoms with Crippen molar-refractivity contribution >= 4 is 19.8 Å². The SMILES string of the molecule is CC/C=C\C/C=C\C/C=C\C/C=C\C/C=C\CCCCCC(=O)O[C@H](COC(=O)CCCCCCCCC/C=C\C/C=C\CCCCC)COP(=O)(O)OCC[N+](C)(C)C. The molecule has 0 heterocycles. The van der Waals surface area contributed by atoms with Crippen LogP contribution in [-0.2, 0) is 32.7 Å². The number of ether oxygens (including phenoxy) is 2. The van der Waals surface area contributed by atoms with Crippen molar-refractivity contribution in [2.45, 2.75) is 174 Å². The molecule has 1 unspecified atom stereocenters. The molecule has 0 saturated heterocycles. The molecule has 0 rings (SSSR count). The number of nitrogens with zero attached hydrogens (tertiary/aromatic N) is 1. The summed E-state index contributed by atoms with van der Waals surface area (Å²) < 4.78 is 34.3. The number of carbonyl (C=O) groups is 2. The summed E-state index contributed by atoms with van der Waals surface area (Å²) >= 11 is 0. The average Bonchev–Trinajstić information content (AvgIpc) is 3.20. The van der Waals surface area contributed by atoms with Crippen LogP contribution in [0.15, 0.2) is 85.1 Å². The van der Waals surface area contributed by atoms with Gasteiger partial charge in [0.2, 0.25) is 0 Å². The van der Waals surface area contributed by atoms with Gasteiger partial charge in [0.25, 0.3) is 0 Å². The van der Waals surface area contributed by atoms with E-state index >= 15 is 0 Å². The summed E-state index contributed by atoms with van der Waals surface area (Å²) in [5.74, 6) is -0.852. The van der Waals surface area contributed by atoms with Crippen LogP contribution in [0.4, 0.5) is 0 Å². The molecule has 60 heavy (non-hydrogen) atoms. The first-order valence-electron chi connectivity index (χ1n) is 23.3. The topological polar surface area (TPSA) is 108 Å². The fourth-order valence-electron chi connectivity index (χ4n) is 5.77. The Bertz CT molecular complexity index is 1290. The molecule has 2 atom stereocenters. The van der Waals surface area contributed by atoms with Gasteiger partial charge in [0.1, 0.15) is 19.8 Å². The molecule has 0 aliphatic heterocycles. The zero-order chi connectivity index (χ0) is 44.3. The molecule has 0 bridgehead atoms. The van der Waals surface area contributed by atoms with Gasteiger partial charge in [0, 0.05) is 12.8 Å². The van der Waals surface area contributed by atoms with Crippen LogP contribution in [0.3, 0.4) is 0 Å². The monoisotopic (exact) mass is 861 g/mol. The highest BCUT2D eigenvalue weighted by atomic mass is 31.2. The van der Waals surface area contributed by atoms with Gasteiger partial charge < -0.3 is 18.9 Å². The van der Waals surface area contributed by atoms with Crippen molar-refractivity contribution in [3.63, 3.8) is 0 Å². The average molecular weight is 861 g/mol. The van der Waals surface area contributed by atoms with Crippen molar-refractivity contribution in [1.82, 2.24) is 0 Å². The second-order valence-corrected chi connectivity index (χ2v) is 17.9. The van der Waals surface area contributed by atoms with Crippen LogP contribution in [0.1, 0.15) is 168 Å². The minimum Gasteiger partial charge on any atom is -0.462 e. The van der Waals surface area contributed by atoms with Crippen LogP contribution in [0.2, 0.25) is 0 Å². The summed E-state index contributed by atoms with van der Waals surface area (Å²) in [6.45, 7) is 4.22. The summed E-state index contributed by atoms with van der Waals surface area (Å²) in [6, 6.07) is 0. The number of quaternary nitrogens is 1. The molecule has 0 aromatic rings. The van der Waals surface area contributed by atoms with Gasteiger partial charge in [0.15, 0.2) is 6.10 Å². The van der Waals surface area contributed by atoms with Crippen molar-refractivity contribution in [1.29, 1.82) is 0 Å². The summed E-state index contributed by atoms with van der Waals surface area (Å²) in [7, 11) is 1.43. The van der Waals surface area contributed by atoms with E-state index in [9.17, 15) is 19.0 Å². The van der Waals surface area contributed by atoms with Crippen LogP contribution in [-0.4, -0.2) is 74.9 Å². The molecule has 0 amide bonds. The van der Waals surface area contributed by atoms with Crippen molar-refractivity contribution < 1.29 is 42.1 Å². The van der Waals surface area contributed by atoms with Crippen molar-refractivity contribution in [2.24, 2.45) is 0 Å². The predicted molar refractivity (Wildman–Crippen MR) is 252 cm³/mol. The second kappa shape index (κ2) is 41.5. The van der Waals surface area contributed by atoms with E-state index in [1.807, 2.05) is 21.1 Å². The van der Waals surface area contributed by atoms with E-state index in [1.165, 1.54) is 44.9 Å². The Kier molecular flexibility index (Phi) is 39.6. The number of hydrogen-bond donors (Lipinski definition) is 1. The number of esters is 2. The smallest absolute Gasteiger partial charge is 0.462 e. The van der Waals surface area contributed by atoms with Crippen molar-refractivity contribution in [2.75, 3.05) is 47.5 Å². The Labute approximate surface area is 367 Å². The minimum atomic E-state index is -4.39. The maximum Gasteiger partial charge on any atom is 0.472 e. The lowest BCUT2D eigenvalue weighted by atomic mass is 10.1. The number of allylic oxidation sites excluding steroid dienone is 14. The van der Waals surface area contributed by atoms with Crippen molar-refractivity contribution in [3.05, 3.63) is 85.1 Å². The van der Waals surface area contributed by atoms with Gasteiger partial charge in [-0.15, -0.1) is 0 Å². The second-order valence-electron chi connectivity index (χ2n) is 16.4. The van der Waals surface area contributed by atoms with Gasteiger partial charge >= 0.3 is 19.8 Å². The van der Waals surface area contributed by atoms with E-state index < -0.39 is 26.5 Å². The first-order valence-corrected chi connectivity index (χ1v) is 24.8. The van der Waals surface area contributed by atoms with E-state index in [4.69, 9.17) is 18.5 Å². The Hall–Kier alpha value is -2.81. The molecule has 344 valence electrons. The highest BCUT2D eigenvalue weighted by Crippen LogP contribution is 2.43. The summed E-state index contributed by atoms with van der Waals surface area (Å²) in [4.78, 5) is 35.4. The molecule has 9 nitrogen and oxygen atoms in total. The van der Waals surface area contributed by atoms with Crippen LogP contribution < -0.4 is 0 Å². The molecule has 0 aliphatic carbocycles. The van der Waals surface area contributed by atoms with Gasteiger partial charge in [-0.1, -0.05) is 150 Å². The number of phosphoric acid groups is 1. The zero-order valence-electron chi connectivity index (χ0n) is 38.7. The van der Waals surface area contributed by atoms with Crippen LogP contribution in [0.25, 0.3) is 0 Å². The molecule has 1 N–H and O–H groups in total. The molecule has 0 aromatic carbocycles. The van der Waals surface area contributed by atoms with Gasteiger partial charge in [-0.3, -0.25) is 18.6 Å². The highest BCUT2D eigenvalue weighted by molar-refractivity contribution is 7.47. The van der Waals surface area contributed by atoms with Gasteiger partial charge in [0.05, 0.1) is 27.7 Å². The minimum absolute atomic E-state index is 0.0189. The molecular weight excluding hydrogens is 774 g/mol. The third-order valence-corrected chi connectivity index (χ3v) is 10.4. The third-order valence-electron chi connectivity index (χ3n) is 9.41. The van der Waals surface area contributed by atoms with Gasteiger partial charge in [-0.25, -0.2) is 4.57 Å². The summed E-state index contributed by atoms with van der Waals surface area (Å²) in [6.07, 6.45) is 53.4. The Morgan fingerprint density at radius 2 is 0.950 bits per heavy atom. The normalized spacial score (nSPS) is 14.3. The summed E-state index contributed by atoms with van der Waals surface area (Å²) in [5, 5.41) is 0. The molecular formula is C50H87NO8P+. The standard InChI is InChI=1S/C50H86NO8P/c1-6-8-10-12-14-16-18-20-22-24-25-27-29-31-33-35-37-39-41-43-50(53)59-48(47-58-60(54,55)57-45-44-51(3,4)5)46-56-49(52)42-40-38-36-34-32-30-28-26-23-21-19-17-15-13-11-9-7-2/h8,10,14-17,20-23,25,27,31,33,48H,6-7,9,11-13,18-19,24,26,28-30,32,34-47H2,1-5H3/p+1/b10-8-,16-14-,17-15-,22-20-,23-21-,27-25-,33-31-/t48-/m1/s1. The maximum absolute atomic E-state index is 12.7. The van der Waals surface area contributed by atoms with E-state index in [1.54, 1.807) is 0 Å². The Morgan fingerprint density at radius 3 is 1.43 bits per heavy atom. The Morgan fingerprint density at radius 1 is 0.533 bits per heavy atom. The first kappa shape index (κ1) is 57.2. The number of carbonyl (C=O) groups excluding carboxylic acids is 2. The number of phosphoric ester groups is 1. The van der Waals surface area contributed by atoms with Gasteiger partial charge in [-0.05, 0) is 89.9 Å². The predicted octanol–water partition coefficient (Wildman–Crippen LogP) is 13.6. The van der Waals surface area contributed by atoms with Crippen LogP contribution in [0.5, 0.6) is 0 Å². The largest absolute Gasteiger partial charge is 0.472 e. The molecule has 10 heteroatoms. The van der Waals surface area contributed by atoms with Crippen LogP contribution >= 0.6 is 7.82 Å².